The third-order valence-corrected chi connectivity index (χ3v) is 2.33. The summed E-state index contributed by atoms with van der Waals surface area (Å²) in [5, 5.41) is 3.83. The topological polar surface area (TPSA) is 67.5 Å². The van der Waals surface area contributed by atoms with E-state index in [1.165, 1.54) is 6.21 Å². The molecular formula is C13H13N3O2. The molecule has 0 aliphatic rings. The molecule has 5 nitrogen and oxygen atoms in total. The Morgan fingerprint density at radius 3 is 2.83 bits per heavy atom. The molecule has 0 atom stereocenters. The van der Waals surface area contributed by atoms with Gasteiger partial charge in [0.1, 0.15) is 11.5 Å². The van der Waals surface area contributed by atoms with Gasteiger partial charge >= 0.3 is 0 Å². The van der Waals surface area contributed by atoms with E-state index >= 15 is 0 Å². The number of amides is 1. The minimum Gasteiger partial charge on any atom is -0.460 e. The zero-order valence-corrected chi connectivity index (χ0v) is 9.96. The van der Waals surface area contributed by atoms with E-state index in [0.29, 0.717) is 11.3 Å². The lowest BCUT2D eigenvalue weighted by atomic mass is 10.3. The second kappa shape index (κ2) is 5.77. The van der Waals surface area contributed by atoms with E-state index < -0.39 is 0 Å². The smallest absolute Gasteiger partial charge is 0.271 e. The van der Waals surface area contributed by atoms with Gasteiger partial charge in [-0.25, -0.2) is 5.43 Å². The van der Waals surface area contributed by atoms with Crippen molar-refractivity contribution in [2.45, 2.75) is 13.3 Å². The summed E-state index contributed by atoms with van der Waals surface area (Å²) in [6.45, 7) is 2.00. The number of carbonyl (C=O) groups excluding carboxylic acids is 1. The van der Waals surface area contributed by atoms with E-state index in [2.05, 4.69) is 15.5 Å². The number of nitrogens with one attached hydrogen (secondary N) is 1. The van der Waals surface area contributed by atoms with Gasteiger partial charge in [-0.05, 0) is 24.3 Å². The Kier molecular flexibility index (Phi) is 3.86. The Bertz CT molecular complexity index is 546. The molecule has 0 saturated heterocycles. The number of pyridine rings is 1. The van der Waals surface area contributed by atoms with Crippen molar-refractivity contribution in [1.82, 2.24) is 10.4 Å². The molecule has 0 spiro atoms. The number of hydrazone groups is 1. The molecule has 92 valence electrons. The van der Waals surface area contributed by atoms with Crippen molar-refractivity contribution >= 4 is 12.1 Å². The molecule has 0 saturated carbocycles. The molecule has 0 bridgehead atoms. The Hall–Kier alpha value is -2.43. The maximum Gasteiger partial charge on any atom is 0.271 e. The van der Waals surface area contributed by atoms with Crippen LogP contribution >= 0.6 is 0 Å². The normalized spacial score (nSPS) is 10.7. The van der Waals surface area contributed by atoms with Crippen LogP contribution in [0, 0.1) is 0 Å². The highest BCUT2D eigenvalue weighted by Gasteiger charge is 2.02. The molecule has 0 radical (unpaired) electrons. The number of hydrogen-bond acceptors (Lipinski definition) is 4. The molecule has 0 unspecified atom stereocenters. The second-order valence-corrected chi connectivity index (χ2v) is 3.59. The van der Waals surface area contributed by atoms with Gasteiger partial charge in [0.05, 0.1) is 6.21 Å². The van der Waals surface area contributed by atoms with Crippen LogP contribution in [0.5, 0.6) is 0 Å². The highest BCUT2D eigenvalue weighted by atomic mass is 16.3. The average molecular weight is 243 g/mol. The third kappa shape index (κ3) is 3.04. The highest BCUT2D eigenvalue weighted by molar-refractivity contribution is 5.94. The van der Waals surface area contributed by atoms with E-state index in [9.17, 15) is 4.79 Å². The summed E-state index contributed by atoms with van der Waals surface area (Å²) >= 11 is 0. The Labute approximate surface area is 105 Å². The predicted octanol–water partition coefficient (Wildman–Crippen LogP) is 2.00. The zero-order valence-electron chi connectivity index (χ0n) is 9.96. The minimum atomic E-state index is -0.282. The predicted molar refractivity (Wildman–Crippen MR) is 67.4 cm³/mol. The molecule has 5 heteroatoms. The van der Waals surface area contributed by atoms with E-state index in [4.69, 9.17) is 4.42 Å². The summed E-state index contributed by atoms with van der Waals surface area (Å²) in [6.07, 6.45) is 5.41. The number of aryl methyl sites for hydroxylation is 1. The first-order valence-electron chi connectivity index (χ1n) is 5.61. The lowest BCUT2D eigenvalue weighted by Gasteiger charge is -1.97. The van der Waals surface area contributed by atoms with E-state index in [0.717, 1.165) is 12.2 Å². The van der Waals surface area contributed by atoms with Crippen LogP contribution in [0.4, 0.5) is 0 Å². The van der Waals surface area contributed by atoms with Gasteiger partial charge in [0.25, 0.3) is 5.91 Å². The standard InChI is InChI=1S/C13H13N3O2/c1-2-11-3-4-12(18-11)9-15-16-13(17)10-5-7-14-8-6-10/h3-9H,2H2,1H3,(H,16,17)/b15-9-. The van der Waals surface area contributed by atoms with Crippen molar-refractivity contribution in [3.63, 3.8) is 0 Å². The van der Waals surface area contributed by atoms with Gasteiger partial charge in [-0.15, -0.1) is 0 Å². The number of nitrogens with zero attached hydrogens (tertiary/aromatic N) is 2. The number of rotatable bonds is 4. The first-order chi connectivity index (χ1) is 8.79. The number of furan rings is 1. The van der Waals surface area contributed by atoms with Crippen molar-refractivity contribution in [1.29, 1.82) is 0 Å². The largest absolute Gasteiger partial charge is 0.460 e. The van der Waals surface area contributed by atoms with Crippen LogP contribution in [-0.2, 0) is 6.42 Å². The van der Waals surface area contributed by atoms with Crippen molar-refractivity contribution in [3.05, 3.63) is 53.7 Å². The van der Waals surface area contributed by atoms with Gasteiger partial charge in [0, 0.05) is 24.4 Å². The second-order valence-electron chi connectivity index (χ2n) is 3.59. The number of carbonyl (C=O) groups is 1. The summed E-state index contributed by atoms with van der Waals surface area (Å²) in [5.41, 5.74) is 2.93. The van der Waals surface area contributed by atoms with Gasteiger partial charge in [0.15, 0.2) is 0 Å². The van der Waals surface area contributed by atoms with Gasteiger partial charge in [0.2, 0.25) is 0 Å². The molecule has 0 aromatic carbocycles. The fraction of sp³-hybridized carbons (Fsp3) is 0.154. The Balaban J connectivity index is 1.93. The monoisotopic (exact) mass is 243 g/mol. The van der Waals surface area contributed by atoms with E-state index in [-0.39, 0.29) is 5.91 Å². The van der Waals surface area contributed by atoms with Crippen LogP contribution in [0.25, 0.3) is 0 Å². The number of aromatic nitrogens is 1. The summed E-state index contributed by atoms with van der Waals surface area (Å²) in [7, 11) is 0. The number of hydrogen-bond donors (Lipinski definition) is 1. The summed E-state index contributed by atoms with van der Waals surface area (Å²) in [6, 6.07) is 6.92. The maximum atomic E-state index is 11.6. The minimum absolute atomic E-state index is 0.282. The summed E-state index contributed by atoms with van der Waals surface area (Å²) in [4.78, 5) is 15.4. The average Bonchev–Trinajstić information content (AvgIpc) is 2.87. The lowest BCUT2D eigenvalue weighted by molar-refractivity contribution is 0.0955. The molecule has 1 N–H and O–H groups in total. The van der Waals surface area contributed by atoms with Crippen LogP contribution in [-0.4, -0.2) is 17.1 Å². The maximum absolute atomic E-state index is 11.6. The molecule has 0 aliphatic heterocycles. The lowest BCUT2D eigenvalue weighted by Crippen LogP contribution is -2.17. The fourth-order valence-electron chi connectivity index (χ4n) is 1.38. The highest BCUT2D eigenvalue weighted by Crippen LogP contribution is 2.05. The molecule has 18 heavy (non-hydrogen) atoms. The van der Waals surface area contributed by atoms with Crippen LogP contribution in [0.15, 0.2) is 46.2 Å². The molecule has 2 rings (SSSR count). The van der Waals surface area contributed by atoms with Crippen molar-refractivity contribution < 1.29 is 9.21 Å². The third-order valence-electron chi connectivity index (χ3n) is 2.33. The van der Waals surface area contributed by atoms with Crippen LogP contribution in [0.1, 0.15) is 28.8 Å². The van der Waals surface area contributed by atoms with Crippen LogP contribution in [0.2, 0.25) is 0 Å². The molecule has 2 heterocycles. The molecule has 2 aromatic rings. The molecule has 0 aliphatic carbocycles. The first kappa shape index (κ1) is 12.0. The molecule has 1 amide bonds. The molecule has 0 fully saturated rings. The first-order valence-corrected chi connectivity index (χ1v) is 5.61. The molecular weight excluding hydrogens is 230 g/mol. The van der Waals surface area contributed by atoms with Crippen molar-refractivity contribution in [2.75, 3.05) is 0 Å². The van der Waals surface area contributed by atoms with E-state index in [1.807, 2.05) is 13.0 Å². The summed E-state index contributed by atoms with van der Waals surface area (Å²) < 4.78 is 5.41. The van der Waals surface area contributed by atoms with Gasteiger partial charge in [-0.3, -0.25) is 9.78 Å². The van der Waals surface area contributed by atoms with Crippen LogP contribution in [0.3, 0.4) is 0 Å². The Morgan fingerprint density at radius 2 is 2.17 bits per heavy atom. The Morgan fingerprint density at radius 1 is 1.39 bits per heavy atom. The van der Waals surface area contributed by atoms with E-state index in [1.54, 1.807) is 30.6 Å². The SMILES string of the molecule is CCc1ccc(/C=N\NC(=O)c2ccncc2)o1. The molecule has 2 aromatic heterocycles. The quantitative estimate of drug-likeness (QED) is 0.659. The zero-order chi connectivity index (χ0) is 12.8. The van der Waals surface area contributed by atoms with Gasteiger partial charge in [-0.2, -0.15) is 5.10 Å². The van der Waals surface area contributed by atoms with Crippen molar-refractivity contribution in [2.24, 2.45) is 5.10 Å². The summed E-state index contributed by atoms with van der Waals surface area (Å²) in [5.74, 6) is 1.22. The van der Waals surface area contributed by atoms with Crippen molar-refractivity contribution in [3.8, 4) is 0 Å². The van der Waals surface area contributed by atoms with Gasteiger partial charge in [-0.1, -0.05) is 6.92 Å². The van der Waals surface area contributed by atoms with Crippen LogP contribution < -0.4 is 5.43 Å². The fourth-order valence-corrected chi connectivity index (χ4v) is 1.38. The van der Waals surface area contributed by atoms with Gasteiger partial charge < -0.3 is 4.42 Å².